The van der Waals surface area contributed by atoms with Crippen molar-refractivity contribution in [1.29, 1.82) is 0 Å². The Hall–Kier alpha value is -1.39. The van der Waals surface area contributed by atoms with Crippen LogP contribution in [0.4, 0.5) is 0 Å². The first-order valence-electron chi connectivity index (χ1n) is 6.09. The topological polar surface area (TPSA) is 50.2 Å². The van der Waals surface area contributed by atoms with Crippen LogP contribution in [0.15, 0.2) is 30.4 Å². The Kier molecular flexibility index (Phi) is 3.29. The van der Waals surface area contributed by atoms with Crippen LogP contribution in [0.1, 0.15) is 23.8 Å². The van der Waals surface area contributed by atoms with E-state index in [4.69, 9.17) is 11.6 Å². The average Bonchev–Trinajstić information content (AvgIpc) is 2.81. The number of carboxylic acids is 1. The number of carboxylic acid groups (broad SMARTS) is 1. The van der Waals surface area contributed by atoms with Crippen molar-refractivity contribution in [1.82, 2.24) is 4.98 Å². The van der Waals surface area contributed by atoms with Gasteiger partial charge in [-0.3, -0.25) is 4.79 Å². The molecule has 2 aromatic rings. The number of allylic oxidation sites excluding steroid dienone is 2. The van der Waals surface area contributed by atoms with Crippen molar-refractivity contribution in [2.45, 2.75) is 18.8 Å². The maximum absolute atomic E-state index is 11.3. The van der Waals surface area contributed by atoms with E-state index in [0.717, 1.165) is 21.6 Å². The molecule has 1 aliphatic rings. The Bertz CT molecular complexity index is 665. The van der Waals surface area contributed by atoms with Crippen LogP contribution in [-0.2, 0) is 4.79 Å². The van der Waals surface area contributed by atoms with Gasteiger partial charge in [-0.05, 0) is 31.0 Å². The first-order valence-corrected chi connectivity index (χ1v) is 7.28. The van der Waals surface area contributed by atoms with Gasteiger partial charge >= 0.3 is 5.97 Å². The van der Waals surface area contributed by atoms with Crippen LogP contribution in [-0.4, -0.2) is 16.1 Å². The van der Waals surface area contributed by atoms with Crippen LogP contribution in [0.25, 0.3) is 10.2 Å². The van der Waals surface area contributed by atoms with E-state index in [-0.39, 0.29) is 11.8 Å². The Balaban J connectivity index is 2.02. The van der Waals surface area contributed by atoms with Gasteiger partial charge in [-0.1, -0.05) is 23.8 Å². The molecule has 5 heteroatoms. The van der Waals surface area contributed by atoms with Gasteiger partial charge in [0.15, 0.2) is 0 Å². The predicted molar refractivity (Wildman–Crippen MR) is 76.9 cm³/mol. The minimum atomic E-state index is -0.744. The summed E-state index contributed by atoms with van der Waals surface area (Å²) in [5.74, 6) is -1.15. The third-order valence-corrected chi connectivity index (χ3v) is 4.82. The van der Waals surface area contributed by atoms with E-state index in [1.54, 1.807) is 11.3 Å². The molecule has 1 N–H and O–H groups in total. The van der Waals surface area contributed by atoms with Crippen molar-refractivity contribution < 1.29 is 9.90 Å². The van der Waals surface area contributed by atoms with Crippen molar-refractivity contribution in [3.8, 4) is 0 Å². The highest BCUT2D eigenvalue weighted by Crippen LogP contribution is 2.38. The summed E-state index contributed by atoms with van der Waals surface area (Å²) in [6, 6.07) is 5.57. The van der Waals surface area contributed by atoms with Crippen LogP contribution < -0.4 is 0 Å². The minimum absolute atomic E-state index is 0.0290. The van der Waals surface area contributed by atoms with Gasteiger partial charge in [-0.2, -0.15) is 0 Å². The Morgan fingerprint density at radius 3 is 2.95 bits per heavy atom. The number of carbonyl (C=O) groups is 1. The molecule has 1 aromatic carbocycles. The number of thiazole rings is 1. The number of nitrogens with zero attached hydrogens (tertiary/aromatic N) is 1. The number of fused-ring (bicyclic) bond motifs is 1. The second-order valence-corrected chi connectivity index (χ2v) is 6.16. The van der Waals surface area contributed by atoms with Gasteiger partial charge in [0.05, 0.1) is 21.1 Å². The fourth-order valence-corrected chi connectivity index (χ4v) is 3.86. The largest absolute Gasteiger partial charge is 0.481 e. The molecule has 3 rings (SSSR count). The van der Waals surface area contributed by atoms with Crippen molar-refractivity contribution in [3.63, 3.8) is 0 Å². The smallest absolute Gasteiger partial charge is 0.307 e. The maximum Gasteiger partial charge on any atom is 0.307 e. The summed E-state index contributed by atoms with van der Waals surface area (Å²) in [4.78, 5) is 15.9. The molecule has 1 heterocycles. The number of aliphatic carboxylic acids is 1. The lowest BCUT2D eigenvalue weighted by Gasteiger charge is -2.22. The molecular formula is C14H12ClNO2S. The fourth-order valence-electron chi connectivity index (χ4n) is 2.43. The SMILES string of the molecule is O=C(O)C1CC=CCC1c1nc2ccc(Cl)cc2s1. The second-order valence-electron chi connectivity index (χ2n) is 4.66. The molecule has 0 bridgehead atoms. The zero-order chi connectivity index (χ0) is 13.4. The molecule has 1 aliphatic carbocycles. The van der Waals surface area contributed by atoms with Crippen molar-refractivity contribution in [3.05, 3.63) is 40.4 Å². The molecular weight excluding hydrogens is 282 g/mol. The zero-order valence-electron chi connectivity index (χ0n) is 10.0. The molecule has 2 unspecified atom stereocenters. The molecule has 0 amide bonds. The third kappa shape index (κ3) is 2.38. The van der Waals surface area contributed by atoms with Crippen molar-refractivity contribution in [2.24, 2.45) is 5.92 Å². The van der Waals surface area contributed by atoms with Gasteiger partial charge in [0.1, 0.15) is 0 Å². The molecule has 0 radical (unpaired) electrons. The van der Waals surface area contributed by atoms with Gasteiger partial charge in [0.2, 0.25) is 0 Å². The molecule has 0 fully saturated rings. The van der Waals surface area contributed by atoms with Crippen LogP contribution in [0.5, 0.6) is 0 Å². The lowest BCUT2D eigenvalue weighted by Crippen LogP contribution is -2.23. The molecule has 2 atom stereocenters. The summed E-state index contributed by atoms with van der Waals surface area (Å²) in [5.41, 5.74) is 0.892. The first-order chi connectivity index (χ1) is 9.15. The molecule has 0 aliphatic heterocycles. The molecule has 0 saturated carbocycles. The molecule has 0 saturated heterocycles. The molecule has 1 aromatic heterocycles. The maximum atomic E-state index is 11.3. The average molecular weight is 294 g/mol. The van der Waals surface area contributed by atoms with Crippen molar-refractivity contribution >= 4 is 39.1 Å². The number of rotatable bonds is 2. The summed E-state index contributed by atoms with van der Waals surface area (Å²) in [6.07, 6.45) is 5.31. The molecule has 0 spiro atoms. The van der Waals surface area contributed by atoms with Gasteiger partial charge in [-0.25, -0.2) is 4.98 Å². The standard InChI is InChI=1S/C14H12ClNO2S/c15-8-5-6-11-12(7-8)19-13(16-11)9-3-1-2-4-10(9)14(17)18/h1-2,5-7,9-10H,3-4H2,(H,17,18). The van der Waals surface area contributed by atoms with Gasteiger partial charge in [0.25, 0.3) is 0 Å². The minimum Gasteiger partial charge on any atom is -0.481 e. The van der Waals surface area contributed by atoms with Crippen LogP contribution >= 0.6 is 22.9 Å². The molecule has 19 heavy (non-hydrogen) atoms. The summed E-state index contributed by atoms with van der Waals surface area (Å²) in [5, 5.41) is 10.9. The predicted octanol–water partition coefficient (Wildman–Crippen LogP) is 4.08. The van der Waals surface area contributed by atoms with E-state index in [1.807, 2.05) is 30.4 Å². The lowest BCUT2D eigenvalue weighted by atomic mass is 9.83. The summed E-state index contributed by atoms with van der Waals surface area (Å²) < 4.78 is 1.01. The number of benzene rings is 1. The second kappa shape index (κ2) is 4.94. The number of aromatic nitrogens is 1. The van der Waals surface area contributed by atoms with E-state index in [1.165, 1.54) is 0 Å². The van der Waals surface area contributed by atoms with E-state index in [9.17, 15) is 9.90 Å². The van der Waals surface area contributed by atoms with E-state index in [2.05, 4.69) is 4.98 Å². The summed E-state index contributed by atoms with van der Waals surface area (Å²) in [7, 11) is 0. The van der Waals surface area contributed by atoms with Gasteiger partial charge < -0.3 is 5.11 Å². The molecule has 98 valence electrons. The zero-order valence-corrected chi connectivity index (χ0v) is 11.6. The Morgan fingerprint density at radius 2 is 2.16 bits per heavy atom. The Labute approximate surface area is 119 Å². The van der Waals surface area contributed by atoms with E-state index in [0.29, 0.717) is 11.4 Å². The van der Waals surface area contributed by atoms with Crippen LogP contribution in [0.3, 0.4) is 0 Å². The Morgan fingerprint density at radius 1 is 1.37 bits per heavy atom. The molecule has 3 nitrogen and oxygen atoms in total. The third-order valence-electron chi connectivity index (χ3n) is 3.43. The summed E-state index contributed by atoms with van der Waals surface area (Å²) in [6.45, 7) is 0. The van der Waals surface area contributed by atoms with Crippen LogP contribution in [0, 0.1) is 5.92 Å². The van der Waals surface area contributed by atoms with Gasteiger partial charge in [-0.15, -0.1) is 11.3 Å². The monoisotopic (exact) mass is 293 g/mol. The summed E-state index contributed by atoms with van der Waals surface area (Å²) >= 11 is 7.51. The number of hydrogen-bond acceptors (Lipinski definition) is 3. The number of hydrogen-bond donors (Lipinski definition) is 1. The van der Waals surface area contributed by atoms with E-state index < -0.39 is 5.97 Å². The first kappa shape index (κ1) is 12.6. The van der Waals surface area contributed by atoms with Crippen molar-refractivity contribution in [2.75, 3.05) is 0 Å². The highest BCUT2D eigenvalue weighted by molar-refractivity contribution is 7.18. The van der Waals surface area contributed by atoms with E-state index >= 15 is 0 Å². The van der Waals surface area contributed by atoms with Crippen LogP contribution in [0.2, 0.25) is 5.02 Å². The fraction of sp³-hybridized carbons (Fsp3) is 0.286. The lowest BCUT2D eigenvalue weighted by molar-refractivity contribution is -0.142. The van der Waals surface area contributed by atoms with Gasteiger partial charge in [0, 0.05) is 10.9 Å². The quantitative estimate of drug-likeness (QED) is 0.849. The normalized spacial score (nSPS) is 22.8. The highest BCUT2D eigenvalue weighted by Gasteiger charge is 2.32. The highest BCUT2D eigenvalue weighted by atomic mass is 35.5. The number of halogens is 1.